The molecule has 0 aliphatic heterocycles. The molecule has 34 heavy (non-hydrogen) atoms. The van der Waals surface area contributed by atoms with Crippen LogP contribution in [0.4, 0.5) is 4.39 Å². The summed E-state index contributed by atoms with van der Waals surface area (Å²) in [6.45, 7) is 0.490. The van der Waals surface area contributed by atoms with Crippen LogP contribution in [-0.2, 0) is 13.2 Å². The van der Waals surface area contributed by atoms with Gasteiger partial charge in [0, 0.05) is 5.56 Å². The second-order valence-electron chi connectivity index (χ2n) is 7.21. The smallest absolute Gasteiger partial charge is 0.214 e. The molecular formula is C24H22BrFN4O3S. The largest absolute Gasteiger partial charge is 0.496 e. The van der Waals surface area contributed by atoms with Crippen molar-refractivity contribution in [3.05, 3.63) is 86.9 Å². The normalized spacial score (nSPS) is 10.7. The van der Waals surface area contributed by atoms with Crippen LogP contribution < -0.4 is 19.6 Å². The standard InChI is InChI=1S/C24H22BrFN4O3S/c1-31-20-10-6-4-8-17(20)23-28-29-24(34)30(23)27-13-15-11-18(25)22(21(12-15)32-2)33-14-16-7-3-5-9-19(16)26/h3-12,27H,13-14H2,1-2H3,(H,29,34). The second-order valence-corrected chi connectivity index (χ2v) is 8.45. The van der Waals surface area contributed by atoms with Crippen LogP contribution in [0.3, 0.4) is 0 Å². The van der Waals surface area contributed by atoms with Gasteiger partial charge in [-0.05, 0) is 64.0 Å². The number of hydrogen-bond acceptors (Lipinski definition) is 6. The molecule has 0 unspecified atom stereocenters. The molecule has 1 heterocycles. The summed E-state index contributed by atoms with van der Waals surface area (Å²) >= 11 is 8.96. The van der Waals surface area contributed by atoms with Gasteiger partial charge in [0.15, 0.2) is 17.3 Å². The van der Waals surface area contributed by atoms with Crippen LogP contribution in [0, 0.1) is 10.6 Å². The number of benzene rings is 3. The number of H-pyrrole nitrogens is 1. The van der Waals surface area contributed by atoms with E-state index in [0.29, 0.717) is 44.4 Å². The Morgan fingerprint density at radius 3 is 2.56 bits per heavy atom. The number of halogens is 2. The lowest BCUT2D eigenvalue weighted by molar-refractivity contribution is 0.277. The number of para-hydroxylation sites is 1. The highest BCUT2D eigenvalue weighted by atomic mass is 79.9. The van der Waals surface area contributed by atoms with E-state index in [9.17, 15) is 4.39 Å². The zero-order chi connectivity index (χ0) is 24.1. The van der Waals surface area contributed by atoms with E-state index >= 15 is 0 Å². The van der Waals surface area contributed by atoms with E-state index in [1.54, 1.807) is 37.1 Å². The Labute approximate surface area is 209 Å². The molecule has 0 fully saturated rings. The van der Waals surface area contributed by atoms with Gasteiger partial charge in [-0.3, -0.25) is 0 Å². The van der Waals surface area contributed by atoms with Crippen LogP contribution in [0.2, 0.25) is 0 Å². The number of hydrogen-bond donors (Lipinski definition) is 2. The van der Waals surface area contributed by atoms with Crippen molar-refractivity contribution in [1.82, 2.24) is 14.9 Å². The molecule has 0 saturated carbocycles. The molecule has 0 aliphatic rings. The highest BCUT2D eigenvalue weighted by Gasteiger charge is 2.16. The van der Waals surface area contributed by atoms with Gasteiger partial charge < -0.3 is 19.6 Å². The molecule has 10 heteroatoms. The molecule has 0 bridgehead atoms. The van der Waals surface area contributed by atoms with Gasteiger partial charge in [-0.1, -0.05) is 30.3 Å². The summed E-state index contributed by atoms with van der Waals surface area (Å²) in [6.07, 6.45) is 0. The SMILES string of the molecule is COc1ccccc1-c1n[nH]c(=S)n1NCc1cc(Br)c(OCc2ccccc2F)c(OC)c1. The van der Waals surface area contributed by atoms with E-state index in [1.165, 1.54) is 6.07 Å². The maximum Gasteiger partial charge on any atom is 0.214 e. The van der Waals surface area contributed by atoms with Crippen LogP contribution in [0.15, 0.2) is 65.1 Å². The van der Waals surface area contributed by atoms with Gasteiger partial charge in [0.1, 0.15) is 18.2 Å². The minimum atomic E-state index is -0.318. The van der Waals surface area contributed by atoms with Crippen LogP contribution in [0.5, 0.6) is 17.2 Å². The predicted octanol–water partition coefficient (Wildman–Crippen LogP) is 5.85. The van der Waals surface area contributed by atoms with Crippen molar-refractivity contribution in [3.63, 3.8) is 0 Å². The molecule has 0 atom stereocenters. The van der Waals surface area contributed by atoms with E-state index in [1.807, 2.05) is 36.4 Å². The monoisotopic (exact) mass is 544 g/mol. The maximum absolute atomic E-state index is 14.0. The molecule has 0 saturated heterocycles. The fourth-order valence-corrected chi connectivity index (χ4v) is 4.21. The van der Waals surface area contributed by atoms with E-state index in [0.717, 1.165) is 11.1 Å². The lowest BCUT2D eigenvalue weighted by atomic mass is 10.2. The summed E-state index contributed by atoms with van der Waals surface area (Å²) in [5, 5.41) is 7.17. The van der Waals surface area contributed by atoms with Crippen molar-refractivity contribution in [2.75, 3.05) is 19.6 Å². The van der Waals surface area contributed by atoms with E-state index in [2.05, 4.69) is 31.6 Å². The van der Waals surface area contributed by atoms with Gasteiger partial charge in [-0.25, -0.2) is 14.2 Å². The molecule has 1 aromatic heterocycles. The highest BCUT2D eigenvalue weighted by molar-refractivity contribution is 9.10. The molecule has 4 aromatic rings. The number of methoxy groups -OCH3 is 2. The third-order valence-electron chi connectivity index (χ3n) is 5.08. The van der Waals surface area contributed by atoms with Crippen molar-refractivity contribution in [2.45, 2.75) is 13.2 Å². The third-order valence-corrected chi connectivity index (χ3v) is 5.94. The predicted molar refractivity (Wildman–Crippen MR) is 134 cm³/mol. The Bertz CT molecular complexity index is 1360. The summed E-state index contributed by atoms with van der Waals surface area (Å²) < 4.78 is 33.6. The van der Waals surface area contributed by atoms with Crippen LogP contribution in [-0.4, -0.2) is 29.1 Å². The Hall–Kier alpha value is -3.37. The minimum absolute atomic E-state index is 0.0751. The van der Waals surface area contributed by atoms with E-state index in [4.69, 9.17) is 26.4 Å². The zero-order valence-corrected chi connectivity index (χ0v) is 20.9. The van der Waals surface area contributed by atoms with Crippen molar-refractivity contribution in [2.24, 2.45) is 0 Å². The molecular weight excluding hydrogens is 523 g/mol. The number of nitrogens with zero attached hydrogens (tertiary/aromatic N) is 2. The molecule has 0 spiro atoms. The van der Waals surface area contributed by atoms with Crippen molar-refractivity contribution < 1.29 is 18.6 Å². The first kappa shape index (κ1) is 23.8. The number of aromatic nitrogens is 3. The fraction of sp³-hybridized carbons (Fsp3) is 0.167. The fourth-order valence-electron chi connectivity index (χ4n) is 3.40. The van der Waals surface area contributed by atoms with Crippen LogP contribution in [0.1, 0.15) is 11.1 Å². The first-order valence-corrected chi connectivity index (χ1v) is 11.5. The Morgan fingerprint density at radius 1 is 1.06 bits per heavy atom. The molecule has 0 aliphatic carbocycles. The number of aromatic amines is 1. The van der Waals surface area contributed by atoms with Gasteiger partial charge in [-0.15, -0.1) is 0 Å². The van der Waals surface area contributed by atoms with Gasteiger partial charge in [0.2, 0.25) is 4.77 Å². The Balaban J connectivity index is 1.55. The Morgan fingerprint density at radius 2 is 1.79 bits per heavy atom. The maximum atomic E-state index is 14.0. The van der Waals surface area contributed by atoms with Crippen molar-refractivity contribution in [3.8, 4) is 28.6 Å². The average molecular weight is 545 g/mol. The Kier molecular flexibility index (Phi) is 7.49. The summed E-state index contributed by atoms with van der Waals surface area (Å²) in [5.74, 6) is 1.96. The number of ether oxygens (including phenoxy) is 3. The number of rotatable bonds is 9. The topological polar surface area (TPSA) is 73.3 Å². The lowest BCUT2D eigenvalue weighted by Crippen LogP contribution is -2.16. The van der Waals surface area contributed by atoms with Crippen LogP contribution >= 0.6 is 28.1 Å². The minimum Gasteiger partial charge on any atom is -0.496 e. The number of nitrogens with one attached hydrogen (secondary N) is 2. The van der Waals surface area contributed by atoms with Crippen molar-refractivity contribution >= 4 is 28.1 Å². The second kappa shape index (κ2) is 10.7. The van der Waals surface area contributed by atoms with Crippen LogP contribution in [0.25, 0.3) is 11.4 Å². The molecule has 4 rings (SSSR count). The average Bonchev–Trinajstić information content (AvgIpc) is 3.22. The molecule has 176 valence electrons. The summed E-state index contributed by atoms with van der Waals surface area (Å²) in [5.41, 5.74) is 5.44. The van der Waals surface area contributed by atoms with Gasteiger partial charge >= 0.3 is 0 Å². The van der Waals surface area contributed by atoms with E-state index < -0.39 is 0 Å². The first-order valence-electron chi connectivity index (χ1n) is 10.3. The third kappa shape index (κ3) is 5.07. The lowest BCUT2D eigenvalue weighted by Gasteiger charge is -2.16. The van der Waals surface area contributed by atoms with Crippen molar-refractivity contribution in [1.29, 1.82) is 0 Å². The zero-order valence-electron chi connectivity index (χ0n) is 18.5. The first-order chi connectivity index (χ1) is 16.5. The summed E-state index contributed by atoms with van der Waals surface area (Å²) in [4.78, 5) is 0. The van der Waals surface area contributed by atoms with Gasteiger partial charge in [-0.2, -0.15) is 5.10 Å². The molecule has 7 nitrogen and oxygen atoms in total. The quantitative estimate of drug-likeness (QED) is 0.257. The van der Waals surface area contributed by atoms with E-state index in [-0.39, 0.29) is 12.4 Å². The van der Waals surface area contributed by atoms with Gasteiger partial charge in [0.05, 0.1) is 30.8 Å². The molecule has 3 aromatic carbocycles. The highest BCUT2D eigenvalue weighted by Crippen LogP contribution is 2.37. The molecule has 0 radical (unpaired) electrons. The van der Waals surface area contributed by atoms with Gasteiger partial charge in [0.25, 0.3) is 0 Å². The molecule has 0 amide bonds. The summed E-state index contributed by atoms with van der Waals surface area (Å²) in [6, 6.07) is 17.8. The molecule has 2 N–H and O–H groups in total. The summed E-state index contributed by atoms with van der Waals surface area (Å²) in [7, 11) is 3.17.